The molecular weight excluding hydrogens is 341 g/mol. The number of aliphatic hydroxyl groups excluding tert-OH is 1. The Morgan fingerprint density at radius 3 is 2.38 bits per heavy atom. The molecule has 0 bridgehead atoms. The molecule has 2 nitrogen and oxygen atoms in total. The topological polar surface area (TPSA) is 29.5 Å². The van der Waals surface area contributed by atoms with Crippen LogP contribution >= 0.6 is 0 Å². The average molecular weight is 366 g/mol. The SMILES string of the molecule is CCC1CCC(Oc2ccc3ccc(CCO)cc3c2C(F)(F)F)CC1. The molecule has 0 aliphatic heterocycles. The maximum Gasteiger partial charge on any atom is 0.420 e. The Kier molecular flexibility index (Phi) is 5.76. The zero-order chi connectivity index (χ0) is 18.7. The molecule has 5 heteroatoms. The molecule has 0 amide bonds. The maximum absolute atomic E-state index is 13.8. The largest absolute Gasteiger partial charge is 0.490 e. The van der Waals surface area contributed by atoms with Gasteiger partial charge in [-0.3, -0.25) is 0 Å². The van der Waals surface area contributed by atoms with Gasteiger partial charge in [0.1, 0.15) is 11.3 Å². The normalized spacial score (nSPS) is 21.1. The van der Waals surface area contributed by atoms with Gasteiger partial charge in [0.15, 0.2) is 0 Å². The lowest BCUT2D eigenvalue weighted by Crippen LogP contribution is -2.25. The lowest BCUT2D eigenvalue weighted by molar-refractivity contribution is -0.138. The van der Waals surface area contributed by atoms with Gasteiger partial charge in [-0.2, -0.15) is 13.2 Å². The smallest absolute Gasteiger partial charge is 0.420 e. The summed E-state index contributed by atoms with van der Waals surface area (Å²) in [7, 11) is 0. The van der Waals surface area contributed by atoms with Crippen LogP contribution in [-0.4, -0.2) is 17.8 Å². The van der Waals surface area contributed by atoms with Crippen molar-refractivity contribution in [2.75, 3.05) is 6.61 Å². The molecule has 0 unspecified atom stereocenters. The first-order valence-electron chi connectivity index (χ1n) is 9.32. The van der Waals surface area contributed by atoms with Crippen LogP contribution in [0.3, 0.4) is 0 Å². The van der Waals surface area contributed by atoms with Crippen LogP contribution in [0.4, 0.5) is 13.2 Å². The second-order valence-corrected chi connectivity index (χ2v) is 7.13. The first-order valence-corrected chi connectivity index (χ1v) is 9.32. The van der Waals surface area contributed by atoms with E-state index in [9.17, 15) is 13.2 Å². The Morgan fingerprint density at radius 2 is 1.77 bits per heavy atom. The van der Waals surface area contributed by atoms with Crippen molar-refractivity contribution >= 4 is 10.8 Å². The van der Waals surface area contributed by atoms with E-state index in [-0.39, 0.29) is 23.8 Å². The van der Waals surface area contributed by atoms with Gasteiger partial charge < -0.3 is 9.84 Å². The summed E-state index contributed by atoms with van der Waals surface area (Å²) < 4.78 is 47.4. The van der Waals surface area contributed by atoms with Gasteiger partial charge in [-0.15, -0.1) is 0 Å². The van der Waals surface area contributed by atoms with E-state index in [1.54, 1.807) is 18.2 Å². The molecule has 0 atom stereocenters. The fourth-order valence-corrected chi connectivity index (χ4v) is 3.86. The van der Waals surface area contributed by atoms with Crippen LogP contribution < -0.4 is 4.74 Å². The summed E-state index contributed by atoms with van der Waals surface area (Å²) in [6.45, 7) is 2.06. The zero-order valence-corrected chi connectivity index (χ0v) is 15.0. The number of benzene rings is 2. The van der Waals surface area contributed by atoms with Crippen LogP contribution in [0.25, 0.3) is 10.8 Å². The molecule has 2 aromatic carbocycles. The van der Waals surface area contributed by atoms with Crippen molar-refractivity contribution in [3.8, 4) is 5.75 Å². The predicted molar refractivity (Wildman–Crippen MR) is 96.4 cm³/mol. The molecule has 26 heavy (non-hydrogen) atoms. The van der Waals surface area contributed by atoms with E-state index in [4.69, 9.17) is 9.84 Å². The highest BCUT2D eigenvalue weighted by atomic mass is 19.4. The van der Waals surface area contributed by atoms with Crippen molar-refractivity contribution in [2.24, 2.45) is 5.92 Å². The third-order valence-corrected chi connectivity index (χ3v) is 5.40. The Bertz CT molecular complexity index is 747. The van der Waals surface area contributed by atoms with Crippen molar-refractivity contribution in [2.45, 2.75) is 57.7 Å². The number of fused-ring (bicyclic) bond motifs is 1. The molecular formula is C21H25F3O2. The van der Waals surface area contributed by atoms with Gasteiger partial charge in [0, 0.05) is 6.61 Å². The van der Waals surface area contributed by atoms with E-state index in [0.717, 1.165) is 32.1 Å². The van der Waals surface area contributed by atoms with Crippen molar-refractivity contribution in [3.05, 3.63) is 41.5 Å². The average Bonchev–Trinajstić information content (AvgIpc) is 2.61. The highest BCUT2D eigenvalue weighted by molar-refractivity contribution is 5.89. The van der Waals surface area contributed by atoms with E-state index < -0.39 is 11.7 Å². The number of alkyl halides is 3. The maximum atomic E-state index is 13.8. The molecule has 1 N–H and O–H groups in total. The van der Waals surface area contributed by atoms with E-state index in [1.807, 2.05) is 0 Å². The molecule has 142 valence electrons. The molecule has 0 spiro atoms. The standard InChI is InChI=1S/C21H25F3O2/c1-2-14-4-8-17(9-5-14)26-19-10-7-16-6-3-15(11-12-25)13-18(16)20(19)21(22,23)24/h3,6-7,10,13-14,17,25H,2,4-5,8-9,11-12H2,1H3. The van der Waals surface area contributed by atoms with Gasteiger partial charge in [0.2, 0.25) is 0 Å². The fraction of sp³-hybridized carbons (Fsp3) is 0.524. The Hall–Kier alpha value is -1.75. The summed E-state index contributed by atoms with van der Waals surface area (Å²) in [4.78, 5) is 0. The van der Waals surface area contributed by atoms with Crippen LogP contribution in [0.15, 0.2) is 30.3 Å². The molecule has 2 aromatic rings. The quantitative estimate of drug-likeness (QED) is 0.731. The number of halogens is 3. The second-order valence-electron chi connectivity index (χ2n) is 7.13. The van der Waals surface area contributed by atoms with Crippen LogP contribution in [0.2, 0.25) is 0 Å². The molecule has 1 fully saturated rings. The number of hydrogen-bond acceptors (Lipinski definition) is 2. The summed E-state index contributed by atoms with van der Waals surface area (Å²) >= 11 is 0. The number of aliphatic hydroxyl groups is 1. The summed E-state index contributed by atoms with van der Waals surface area (Å²) in [5, 5.41) is 9.76. The van der Waals surface area contributed by atoms with Gasteiger partial charge in [0.05, 0.1) is 6.10 Å². The molecule has 3 rings (SSSR count). The van der Waals surface area contributed by atoms with Crippen molar-refractivity contribution in [1.29, 1.82) is 0 Å². The number of ether oxygens (including phenoxy) is 1. The molecule has 1 saturated carbocycles. The molecule has 0 heterocycles. The summed E-state index contributed by atoms with van der Waals surface area (Å²) in [6.07, 6.45) is 0.429. The Balaban J connectivity index is 1.96. The minimum absolute atomic E-state index is 0.0777. The van der Waals surface area contributed by atoms with Crippen LogP contribution in [0, 0.1) is 5.92 Å². The van der Waals surface area contributed by atoms with Crippen molar-refractivity contribution in [3.63, 3.8) is 0 Å². The summed E-state index contributed by atoms with van der Waals surface area (Å²) in [5.41, 5.74) is -0.0153. The van der Waals surface area contributed by atoms with Crippen LogP contribution in [0.5, 0.6) is 5.75 Å². The van der Waals surface area contributed by atoms with Gasteiger partial charge in [-0.1, -0.05) is 37.6 Å². The third kappa shape index (κ3) is 4.14. The molecule has 1 aliphatic rings. The number of rotatable bonds is 5. The molecule has 0 saturated heterocycles. The summed E-state index contributed by atoms with van der Waals surface area (Å²) in [6, 6.07) is 8.08. The van der Waals surface area contributed by atoms with Crippen molar-refractivity contribution < 1.29 is 23.0 Å². The third-order valence-electron chi connectivity index (χ3n) is 5.40. The lowest BCUT2D eigenvalue weighted by Gasteiger charge is -2.29. The molecule has 1 aliphatic carbocycles. The Labute approximate surface area is 152 Å². The van der Waals surface area contributed by atoms with Crippen molar-refractivity contribution in [1.82, 2.24) is 0 Å². The fourth-order valence-electron chi connectivity index (χ4n) is 3.86. The van der Waals surface area contributed by atoms with Crippen LogP contribution in [0.1, 0.15) is 50.2 Å². The minimum Gasteiger partial charge on any atom is -0.490 e. The lowest BCUT2D eigenvalue weighted by atomic mass is 9.86. The first kappa shape index (κ1) is 19.0. The Morgan fingerprint density at radius 1 is 1.08 bits per heavy atom. The monoisotopic (exact) mass is 366 g/mol. The molecule has 0 radical (unpaired) electrons. The predicted octanol–water partition coefficient (Wildman–Crippen LogP) is 5.74. The van der Waals surface area contributed by atoms with E-state index in [2.05, 4.69) is 6.92 Å². The van der Waals surface area contributed by atoms with Gasteiger partial charge in [-0.25, -0.2) is 0 Å². The second kappa shape index (κ2) is 7.87. The van der Waals surface area contributed by atoms with Gasteiger partial charge in [0.25, 0.3) is 0 Å². The highest BCUT2D eigenvalue weighted by Crippen LogP contribution is 2.43. The minimum atomic E-state index is -4.49. The zero-order valence-electron chi connectivity index (χ0n) is 15.0. The van der Waals surface area contributed by atoms with E-state index in [0.29, 0.717) is 23.3 Å². The van der Waals surface area contributed by atoms with Crippen LogP contribution in [-0.2, 0) is 12.6 Å². The first-order chi connectivity index (χ1) is 12.4. The van der Waals surface area contributed by atoms with E-state index in [1.165, 1.54) is 12.1 Å². The summed E-state index contributed by atoms with van der Waals surface area (Å²) in [5.74, 6) is 0.584. The van der Waals surface area contributed by atoms with Gasteiger partial charge >= 0.3 is 6.18 Å². The number of hydrogen-bond donors (Lipinski definition) is 1. The molecule has 0 aromatic heterocycles. The highest BCUT2D eigenvalue weighted by Gasteiger charge is 2.37. The van der Waals surface area contributed by atoms with Gasteiger partial charge in [-0.05, 0) is 60.4 Å². The van der Waals surface area contributed by atoms with E-state index >= 15 is 0 Å².